The average molecular weight is 422 g/mol. The van der Waals surface area contributed by atoms with E-state index in [1.807, 2.05) is 31.2 Å². The lowest BCUT2D eigenvalue weighted by molar-refractivity contribution is 0.599. The number of aryl methyl sites for hydroxylation is 1. The quantitative estimate of drug-likeness (QED) is 0.608. The number of rotatable bonds is 6. The van der Waals surface area contributed by atoms with Crippen LogP contribution in [-0.2, 0) is 32.8 Å². The molecule has 0 atom stereocenters. The molecule has 0 saturated heterocycles. The van der Waals surface area contributed by atoms with E-state index in [2.05, 4.69) is 9.55 Å². The summed E-state index contributed by atoms with van der Waals surface area (Å²) in [6.07, 6.45) is 2.13. The van der Waals surface area contributed by atoms with Gasteiger partial charge >= 0.3 is 0 Å². The minimum Gasteiger partial charge on any atom is -0.366 e. The van der Waals surface area contributed by atoms with Crippen LogP contribution in [0.15, 0.2) is 52.3 Å². The molecule has 1 aromatic heterocycles. The summed E-state index contributed by atoms with van der Waals surface area (Å²) in [6, 6.07) is 12.0. The summed E-state index contributed by atoms with van der Waals surface area (Å²) < 4.78 is 50.4. The number of fused-ring (bicyclic) bond motifs is 1. The second kappa shape index (κ2) is 7.21. The first-order chi connectivity index (χ1) is 13.0. The van der Waals surface area contributed by atoms with Gasteiger partial charge in [-0.2, -0.15) is 0 Å². The van der Waals surface area contributed by atoms with Gasteiger partial charge in [-0.25, -0.2) is 21.8 Å². The number of hydrogen-bond donors (Lipinski definition) is 0. The van der Waals surface area contributed by atoms with E-state index in [0.29, 0.717) is 12.2 Å². The van der Waals surface area contributed by atoms with Crippen molar-refractivity contribution >= 4 is 36.4 Å². The smallest absolute Gasteiger partial charge is 0.177 e. The Morgan fingerprint density at radius 1 is 1.00 bits per heavy atom. The van der Waals surface area contributed by atoms with Crippen molar-refractivity contribution in [2.75, 3.05) is 24.5 Å². The first-order valence-electron chi connectivity index (χ1n) is 8.72. The molecule has 0 bridgehead atoms. The van der Waals surface area contributed by atoms with Crippen molar-refractivity contribution in [1.82, 2.24) is 9.55 Å². The number of imidazole rings is 1. The van der Waals surface area contributed by atoms with Crippen LogP contribution in [0.5, 0.6) is 0 Å². The minimum atomic E-state index is -3.63. The summed E-state index contributed by atoms with van der Waals surface area (Å²) in [7, 11) is -5.37. The normalized spacial score (nSPS) is 12.4. The summed E-state index contributed by atoms with van der Waals surface area (Å²) in [5.41, 5.74) is 2.33. The monoisotopic (exact) mass is 421 g/mol. The van der Waals surface area contributed by atoms with Crippen molar-refractivity contribution in [3.05, 3.63) is 48.3 Å². The predicted octanol–water partition coefficient (Wildman–Crippen LogP) is 2.50. The third-order valence-corrected chi connectivity index (χ3v) is 6.83. The molecule has 2 aromatic carbocycles. The molecule has 150 valence electrons. The molecule has 0 aliphatic carbocycles. The van der Waals surface area contributed by atoms with E-state index >= 15 is 0 Å². The molecule has 0 spiro atoms. The third kappa shape index (κ3) is 3.90. The molecule has 0 unspecified atom stereocenters. The molecule has 1 heterocycles. The van der Waals surface area contributed by atoms with Gasteiger partial charge in [-0.3, -0.25) is 0 Å². The van der Waals surface area contributed by atoms with Crippen molar-refractivity contribution < 1.29 is 16.8 Å². The number of benzene rings is 2. The van der Waals surface area contributed by atoms with Crippen LogP contribution in [0.4, 0.5) is 5.69 Å². The minimum absolute atomic E-state index is 0.0166. The highest BCUT2D eigenvalue weighted by Crippen LogP contribution is 2.29. The molecule has 7 nitrogen and oxygen atoms in total. The third-order valence-electron chi connectivity index (χ3n) is 4.60. The largest absolute Gasteiger partial charge is 0.366 e. The zero-order valence-electron chi connectivity index (χ0n) is 16.2. The van der Waals surface area contributed by atoms with E-state index in [1.54, 1.807) is 11.9 Å². The predicted molar refractivity (Wildman–Crippen MR) is 110 cm³/mol. The van der Waals surface area contributed by atoms with Crippen LogP contribution in [-0.4, -0.2) is 45.9 Å². The van der Waals surface area contributed by atoms with Gasteiger partial charge in [0.25, 0.3) is 0 Å². The molecular weight excluding hydrogens is 398 g/mol. The van der Waals surface area contributed by atoms with Gasteiger partial charge in [-0.15, -0.1) is 0 Å². The van der Waals surface area contributed by atoms with E-state index in [9.17, 15) is 16.8 Å². The lowest BCUT2D eigenvalue weighted by Gasteiger charge is -2.22. The number of hydrogen-bond acceptors (Lipinski definition) is 6. The van der Waals surface area contributed by atoms with Gasteiger partial charge < -0.3 is 9.47 Å². The second-order valence-corrected chi connectivity index (χ2v) is 10.8. The highest BCUT2D eigenvalue weighted by Gasteiger charge is 2.21. The van der Waals surface area contributed by atoms with E-state index in [4.69, 9.17) is 0 Å². The maximum atomic E-state index is 12.3. The average Bonchev–Trinajstić information content (AvgIpc) is 2.96. The Kier molecular flexibility index (Phi) is 5.24. The molecule has 28 heavy (non-hydrogen) atoms. The molecule has 9 heteroatoms. The summed E-state index contributed by atoms with van der Waals surface area (Å²) >= 11 is 0. The zero-order chi connectivity index (χ0) is 20.7. The molecule has 0 saturated carbocycles. The van der Waals surface area contributed by atoms with Crippen LogP contribution in [0.3, 0.4) is 0 Å². The zero-order valence-corrected chi connectivity index (χ0v) is 17.9. The van der Waals surface area contributed by atoms with Crippen molar-refractivity contribution in [2.45, 2.75) is 29.8 Å². The van der Waals surface area contributed by atoms with Crippen LogP contribution in [0.1, 0.15) is 12.7 Å². The van der Waals surface area contributed by atoms with Gasteiger partial charge in [0, 0.05) is 26.1 Å². The van der Waals surface area contributed by atoms with E-state index < -0.39 is 19.7 Å². The molecule has 0 N–H and O–H groups in total. The molecule has 0 fully saturated rings. The Morgan fingerprint density at radius 3 is 2.29 bits per heavy atom. The van der Waals surface area contributed by atoms with E-state index in [-0.39, 0.29) is 9.79 Å². The molecule has 0 aliphatic heterocycles. The van der Waals surface area contributed by atoms with Crippen molar-refractivity contribution in [1.29, 1.82) is 0 Å². The summed E-state index contributed by atoms with van der Waals surface area (Å²) in [5.74, 6) is 0.804. The van der Waals surface area contributed by atoms with E-state index in [1.165, 1.54) is 18.2 Å². The summed E-state index contributed by atoms with van der Waals surface area (Å²) in [4.78, 5) is 6.41. The Hall–Kier alpha value is -2.39. The number of sulfone groups is 2. The van der Waals surface area contributed by atoms with Gasteiger partial charge in [-0.1, -0.05) is 12.1 Å². The maximum absolute atomic E-state index is 12.3. The first kappa shape index (κ1) is 20.3. The topological polar surface area (TPSA) is 89.3 Å². The Labute approximate surface area is 165 Å². The number of para-hydroxylation sites is 2. The SMILES string of the molecule is CCn1c(CN(C)c2ccc(S(C)(=O)=O)cc2S(C)(=O)=O)nc2ccccc21. The van der Waals surface area contributed by atoms with Crippen LogP contribution in [0.2, 0.25) is 0 Å². The van der Waals surface area contributed by atoms with Gasteiger partial charge in [0.2, 0.25) is 0 Å². The maximum Gasteiger partial charge on any atom is 0.177 e. The lowest BCUT2D eigenvalue weighted by Crippen LogP contribution is -2.22. The Balaban J connectivity index is 2.07. The fraction of sp³-hybridized carbons (Fsp3) is 0.316. The fourth-order valence-corrected chi connectivity index (χ4v) is 4.90. The lowest BCUT2D eigenvalue weighted by atomic mass is 10.3. The van der Waals surface area contributed by atoms with Crippen molar-refractivity contribution in [3.8, 4) is 0 Å². The highest BCUT2D eigenvalue weighted by molar-refractivity contribution is 7.91. The molecule has 3 aromatic rings. The Bertz CT molecular complexity index is 1250. The molecular formula is C19H23N3O4S2. The molecule has 0 amide bonds. The van der Waals surface area contributed by atoms with E-state index in [0.717, 1.165) is 35.9 Å². The standard InChI is InChI=1S/C19H23N3O4S2/c1-5-22-16-9-7-6-8-15(16)20-19(22)13-21(2)17-11-10-14(27(3,23)24)12-18(17)28(4,25)26/h6-12H,5,13H2,1-4H3. The fourth-order valence-electron chi connectivity index (χ4n) is 3.23. The van der Waals surface area contributed by atoms with Crippen molar-refractivity contribution in [3.63, 3.8) is 0 Å². The van der Waals surface area contributed by atoms with Crippen LogP contribution < -0.4 is 4.90 Å². The van der Waals surface area contributed by atoms with Crippen molar-refractivity contribution in [2.24, 2.45) is 0 Å². The van der Waals surface area contributed by atoms with Crippen LogP contribution in [0, 0.1) is 0 Å². The van der Waals surface area contributed by atoms with Crippen LogP contribution >= 0.6 is 0 Å². The second-order valence-electron chi connectivity index (χ2n) is 6.79. The number of anilines is 1. The van der Waals surface area contributed by atoms with Gasteiger partial charge in [0.05, 0.1) is 33.1 Å². The molecule has 3 rings (SSSR count). The van der Waals surface area contributed by atoms with Gasteiger partial charge in [-0.05, 0) is 37.3 Å². The Morgan fingerprint density at radius 2 is 1.68 bits per heavy atom. The van der Waals surface area contributed by atoms with Gasteiger partial charge in [0.1, 0.15) is 5.82 Å². The van der Waals surface area contributed by atoms with Gasteiger partial charge in [0.15, 0.2) is 19.7 Å². The number of nitrogens with zero attached hydrogens (tertiary/aromatic N) is 3. The molecule has 0 aliphatic rings. The van der Waals surface area contributed by atoms with Crippen LogP contribution in [0.25, 0.3) is 11.0 Å². The summed E-state index contributed by atoms with van der Waals surface area (Å²) in [6.45, 7) is 3.14. The number of aromatic nitrogens is 2. The first-order valence-corrected chi connectivity index (χ1v) is 12.5. The summed E-state index contributed by atoms with van der Waals surface area (Å²) in [5, 5.41) is 0. The molecule has 0 radical (unpaired) electrons. The highest BCUT2D eigenvalue weighted by atomic mass is 32.2.